The maximum Gasteiger partial charge on any atom is 0.318 e. The summed E-state index contributed by atoms with van der Waals surface area (Å²) in [5.74, 6) is -0.971. The third-order valence-corrected chi connectivity index (χ3v) is 5.15. The molecule has 2 fully saturated rings. The zero-order chi connectivity index (χ0) is 17.2. The van der Waals surface area contributed by atoms with E-state index >= 15 is 0 Å². The summed E-state index contributed by atoms with van der Waals surface area (Å²) in [6.45, 7) is 7.53. The smallest absolute Gasteiger partial charge is 0.318 e. The summed E-state index contributed by atoms with van der Waals surface area (Å²) in [6, 6.07) is 0. The van der Waals surface area contributed by atoms with E-state index in [4.69, 9.17) is 9.47 Å². The van der Waals surface area contributed by atoms with E-state index < -0.39 is 5.92 Å². The lowest BCUT2D eigenvalue weighted by atomic mass is 9.79. The molecular formula is C18H33N2O4+. The van der Waals surface area contributed by atoms with Crippen molar-refractivity contribution in [2.45, 2.75) is 45.4 Å². The van der Waals surface area contributed by atoms with Gasteiger partial charge in [0.15, 0.2) is 0 Å². The Morgan fingerprint density at radius 2 is 1.92 bits per heavy atom. The van der Waals surface area contributed by atoms with E-state index in [2.05, 4.69) is 5.32 Å². The predicted molar refractivity (Wildman–Crippen MR) is 90.7 cm³/mol. The van der Waals surface area contributed by atoms with Crippen LogP contribution < -0.4 is 10.2 Å². The zero-order valence-electron chi connectivity index (χ0n) is 15.0. The number of rotatable bonds is 8. The molecule has 0 aromatic heterocycles. The van der Waals surface area contributed by atoms with Gasteiger partial charge in [-0.25, -0.2) is 0 Å². The summed E-state index contributed by atoms with van der Waals surface area (Å²) in [4.78, 5) is 26.4. The first-order chi connectivity index (χ1) is 11.7. The summed E-state index contributed by atoms with van der Waals surface area (Å²) in [6.07, 6.45) is 6.25. The average Bonchev–Trinajstić information content (AvgIpc) is 2.61. The van der Waals surface area contributed by atoms with Crippen molar-refractivity contribution >= 4 is 11.9 Å². The maximum absolute atomic E-state index is 12.6. The van der Waals surface area contributed by atoms with E-state index in [1.165, 1.54) is 11.3 Å². The van der Waals surface area contributed by atoms with Gasteiger partial charge in [0, 0.05) is 13.0 Å². The normalized spacial score (nSPS) is 21.2. The summed E-state index contributed by atoms with van der Waals surface area (Å²) < 4.78 is 10.5. The van der Waals surface area contributed by atoms with Crippen molar-refractivity contribution in [2.24, 2.45) is 11.8 Å². The Balaban J connectivity index is 1.77. The van der Waals surface area contributed by atoms with Crippen LogP contribution >= 0.6 is 0 Å². The molecule has 1 aliphatic heterocycles. The molecule has 1 saturated carbocycles. The molecule has 1 aliphatic carbocycles. The van der Waals surface area contributed by atoms with Crippen molar-refractivity contribution in [3.05, 3.63) is 0 Å². The number of nitrogens with one attached hydrogen (secondary N) is 2. The zero-order valence-corrected chi connectivity index (χ0v) is 15.0. The molecule has 0 unspecified atom stereocenters. The molecule has 1 atom stereocenters. The number of hydrogen-bond acceptors (Lipinski definition) is 4. The molecule has 0 aromatic carbocycles. The van der Waals surface area contributed by atoms with Crippen LogP contribution in [0, 0.1) is 11.8 Å². The van der Waals surface area contributed by atoms with Crippen LogP contribution in [0.1, 0.15) is 45.4 Å². The number of carbonyl (C=O) groups is 2. The topological polar surface area (TPSA) is 69.1 Å². The highest BCUT2D eigenvalue weighted by Crippen LogP contribution is 2.31. The van der Waals surface area contributed by atoms with Gasteiger partial charge in [0.1, 0.15) is 19.0 Å². The van der Waals surface area contributed by atoms with Crippen LogP contribution in [0.25, 0.3) is 0 Å². The minimum Gasteiger partial charge on any atom is -0.465 e. The second-order valence-corrected chi connectivity index (χ2v) is 6.88. The summed E-state index contributed by atoms with van der Waals surface area (Å²) in [5, 5.41) is 2.97. The molecule has 0 spiro atoms. The van der Waals surface area contributed by atoms with Gasteiger partial charge in [-0.2, -0.15) is 0 Å². The number of quaternary nitrogens is 1. The van der Waals surface area contributed by atoms with Crippen LogP contribution in [-0.4, -0.2) is 57.9 Å². The fourth-order valence-corrected chi connectivity index (χ4v) is 3.78. The SMILES string of the molecule is CCOC(=O)[C@@H](C(=O)NCCC[NH+]1CCOCC1)C1CCCCC1. The Bertz CT molecular complexity index is 390. The Kier molecular flexibility index (Phi) is 8.53. The van der Waals surface area contributed by atoms with Crippen molar-refractivity contribution in [3.63, 3.8) is 0 Å². The lowest BCUT2D eigenvalue weighted by molar-refractivity contribution is -0.908. The van der Waals surface area contributed by atoms with Gasteiger partial charge in [-0.05, 0) is 25.7 Å². The minimum absolute atomic E-state index is 0.141. The lowest BCUT2D eigenvalue weighted by Gasteiger charge is -2.28. The third kappa shape index (κ3) is 6.06. The van der Waals surface area contributed by atoms with E-state index in [0.29, 0.717) is 13.2 Å². The highest BCUT2D eigenvalue weighted by Gasteiger charge is 2.36. The van der Waals surface area contributed by atoms with Gasteiger partial charge in [-0.1, -0.05) is 19.3 Å². The molecule has 0 aromatic rings. The van der Waals surface area contributed by atoms with Crippen molar-refractivity contribution in [1.29, 1.82) is 0 Å². The molecule has 1 saturated heterocycles. The van der Waals surface area contributed by atoms with E-state index in [1.54, 1.807) is 6.92 Å². The molecular weight excluding hydrogens is 308 g/mol. The van der Waals surface area contributed by atoms with Gasteiger partial charge in [-0.3, -0.25) is 9.59 Å². The van der Waals surface area contributed by atoms with E-state index in [0.717, 1.165) is 65.0 Å². The third-order valence-electron chi connectivity index (χ3n) is 5.15. The molecule has 24 heavy (non-hydrogen) atoms. The van der Waals surface area contributed by atoms with Crippen LogP contribution in [-0.2, 0) is 19.1 Å². The standard InChI is InChI=1S/C18H32N2O4/c1-2-24-18(22)16(15-7-4-3-5-8-15)17(21)19-9-6-10-20-11-13-23-14-12-20/h15-16H,2-14H2,1H3,(H,19,21)/p+1/t16-/m1/s1. The number of hydrogen-bond donors (Lipinski definition) is 2. The molecule has 0 radical (unpaired) electrons. The first-order valence-corrected chi connectivity index (χ1v) is 9.58. The van der Waals surface area contributed by atoms with Crippen molar-refractivity contribution < 1.29 is 24.0 Å². The van der Waals surface area contributed by atoms with Crippen LogP contribution in [0.2, 0.25) is 0 Å². The predicted octanol–water partition coefficient (Wildman–Crippen LogP) is 0.167. The quantitative estimate of drug-likeness (QED) is 0.375. The van der Waals surface area contributed by atoms with E-state index in [9.17, 15) is 9.59 Å². The van der Waals surface area contributed by atoms with Gasteiger partial charge in [0.05, 0.1) is 26.4 Å². The molecule has 6 heteroatoms. The summed E-state index contributed by atoms with van der Waals surface area (Å²) >= 11 is 0. The lowest BCUT2D eigenvalue weighted by Crippen LogP contribution is -3.14. The van der Waals surface area contributed by atoms with Crippen LogP contribution in [0.5, 0.6) is 0 Å². The largest absolute Gasteiger partial charge is 0.465 e. The number of amides is 1. The van der Waals surface area contributed by atoms with Gasteiger partial charge >= 0.3 is 5.97 Å². The van der Waals surface area contributed by atoms with Crippen LogP contribution in [0.3, 0.4) is 0 Å². The maximum atomic E-state index is 12.6. The number of ether oxygens (including phenoxy) is 2. The fourth-order valence-electron chi connectivity index (χ4n) is 3.78. The first kappa shape index (κ1) is 19.2. The van der Waals surface area contributed by atoms with E-state index in [1.807, 2.05) is 0 Å². The van der Waals surface area contributed by atoms with Gasteiger partial charge < -0.3 is 19.7 Å². The molecule has 6 nitrogen and oxygen atoms in total. The van der Waals surface area contributed by atoms with E-state index in [-0.39, 0.29) is 17.8 Å². The highest BCUT2D eigenvalue weighted by atomic mass is 16.5. The van der Waals surface area contributed by atoms with Crippen LogP contribution in [0.15, 0.2) is 0 Å². The molecule has 0 bridgehead atoms. The Morgan fingerprint density at radius 1 is 1.21 bits per heavy atom. The molecule has 138 valence electrons. The minimum atomic E-state index is -0.624. The van der Waals surface area contributed by atoms with Gasteiger partial charge in [-0.15, -0.1) is 0 Å². The second kappa shape index (κ2) is 10.7. The Labute approximate surface area is 145 Å². The number of carbonyl (C=O) groups excluding carboxylic acids is 2. The Morgan fingerprint density at radius 3 is 2.58 bits per heavy atom. The number of morpholine rings is 1. The van der Waals surface area contributed by atoms with Gasteiger partial charge in [0.25, 0.3) is 0 Å². The number of esters is 1. The summed E-state index contributed by atoms with van der Waals surface area (Å²) in [7, 11) is 0. The van der Waals surface area contributed by atoms with Crippen molar-refractivity contribution in [1.82, 2.24) is 5.32 Å². The molecule has 1 amide bonds. The molecule has 2 N–H and O–H groups in total. The fraction of sp³-hybridized carbons (Fsp3) is 0.889. The Hall–Kier alpha value is -1.14. The highest BCUT2D eigenvalue weighted by molar-refractivity contribution is 5.98. The molecule has 2 aliphatic rings. The molecule has 1 heterocycles. The first-order valence-electron chi connectivity index (χ1n) is 9.58. The average molecular weight is 341 g/mol. The monoisotopic (exact) mass is 341 g/mol. The van der Waals surface area contributed by atoms with Gasteiger partial charge in [0.2, 0.25) is 5.91 Å². The second-order valence-electron chi connectivity index (χ2n) is 6.88. The van der Waals surface area contributed by atoms with Crippen molar-refractivity contribution in [3.8, 4) is 0 Å². The van der Waals surface area contributed by atoms with Crippen molar-refractivity contribution in [2.75, 3.05) is 46.0 Å². The summed E-state index contributed by atoms with van der Waals surface area (Å²) in [5.41, 5.74) is 0. The van der Waals surface area contributed by atoms with Crippen LogP contribution in [0.4, 0.5) is 0 Å². The molecule has 2 rings (SSSR count).